The van der Waals surface area contributed by atoms with E-state index >= 15 is 0 Å². The van der Waals surface area contributed by atoms with Crippen molar-refractivity contribution in [1.29, 1.82) is 0 Å². The summed E-state index contributed by atoms with van der Waals surface area (Å²) in [6, 6.07) is 15.4. The van der Waals surface area contributed by atoms with Gasteiger partial charge in [0, 0.05) is 11.3 Å². The van der Waals surface area contributed by atoms with Gasteiger partial charge in [0.25, 0.3) is 5.91 Å². The summed E-state index contributed by atoms with van der Waals surface area (Å²) < 4.78 is 43.0. The van der Waals surface area contributed by atoms with Crippen molar-refractivity contribution in [1.82, 2.24) is 0 Å². The van der Waals surface area contributed by atoms with Crippen LogP contribution in [0.3, 0.4) is 0 Å². The fourth-order valence-corrected chi connectivity index (χ4v) is 3.10. The Morgan fingerprint density at radius 3 is 2.20 bits per heavy atom. The molecule has 0 saturated carbocycles. The second kappa shape index (κ2) is 8.59. The molecule has 0 saturated heterocycles. The number of carbonyl (C=O) groups excluding carboxylic acids is 2. The maximum atomic E-state index is 12.8. The summed E-state index contributed by atoms with van der Waals surface area (Å²) in [4.78, 5) is 24.4. The maximum Gasteiger partial charge on any atom is 0.416 e. The van der Waals surface area contributed by atoms with E-state index in [4.69, 9.17) is 11.6 Å². The maximum absolute atomic E-state index is 12.8. The Morgan fingerprint density at radius 1 is 0.933 bits per heavy atom. The molecule has 0 heterocycles. The number of benzene rings is 3. The normalized spacial score (nSPS) is 11.1. The second-order valence-corrected chi connectivity index (χ2v) is 6.67. The Labute approximate surface area is 175 Å². The third-order valence-corrected chi connectivity index (χ3v) is 4.64. The molecular formula is C22H15ClF3NO3. The third-order valence-electron chi connectivity index (χ3n) is 4.33. The molecular weight excluding hydrogens is 419 g/mol. The summed E-state index contributed by atoms with van der Waals surface area (Å²) in [6.45, 7) is 0. The van der Waals surface area contributed by atoms with Gasteiger partial charge in [0.1, 0.15) is 0 Å². The van der Waals surface area contributed by atoms with Gasteiger partial charge in [-0.15, -0.1) is 0 Å². The van der Waals surface area contributed by atoms with Gasteiger partial charge >= 0.3 is 12.1 Å². The van der Waals surface area contributed by atoms with Crippen LogP contribution in [0.4, 0.5) is 18.9 Å². The molecule has 30 heavy (non-hydrogen) atoms. The Kier molecular flexibility index (Phi) is 6.12. The van der Waals surface area contributed by atoms with E-state index in [1.54, 1.807) is 24.3 Å². The zero-order chi connectivity index (χ0) is 21.9. The number of esters is 1. The molecule has 3 aromatic carbocycles. The molecule has 4 nitrogen and oxygen atoms in total. The van der Waals surface area contributed by atoms with Gasteiger partial charge in [-0.3, -0.25) is 4.79 Å². The van der Waals surface area contributed by atoms with Gasteiger partial charge in [-0.2, -0.15) is 13.2 Å². The smallest absolute Gasteiger partial charge is 0.416 e. The second-order valence-electron chi connectivity index (χ2n) is 6.26. The summed E-state index contributed by atoms with van der Waals surface area (Å²) in [5.74, 6) is -1.09. The number of halogens is 4. The van der Waals surface area contributed by atoms with Gasteiger partial charge in [0.15, 0.2) is 0 Å². The molecule has 0 atom stereocenters. The minimum Gasteiger partial charge on any atom is -0.465 e. The highest BCUT2D eigenvalue weighted by molar-refractivity contribution is 6.34. The van der Waals surface area contributed by atoms with Crippen molar-refractivity contribution in [3.63, 3.8) is 0 Å². The summed E-state index contributed by atoms with van der Waals surface area (Å²) in [6.07, 6.45) is -4.44. The first-order chi connectivity index (χ1) is 14.2. The molecule has 1 N–H and O–H groups in total. The van der Waals surface area contributed by atoms with Crippen molar-refractivity contribution >= 4 is 29.2 Å². The van der Waals surface area contributed by atoms with Crippen LogP contribution in [-0.4, -0.2) is 19.0 Å². The van der Waals surface area contributed by atoms with Crippen LogP contribution in [0, 0.1) is 0 Å². The number of alkyl halides is 3. The lowest BCUT2D eigenvalue weighted by molar-refractivity contribution is -0.137. The molecule has 0 aliphatic rings. The lowest BCUT2D eigenvalue weighted by atomic mass is 9.98. The van der Waals surface area contributed by atoms with Crippen LogP contribution in [0.1, 0.15) is 26.3 Å². The largest absolute Gasteiger partial charge is 0.465 e. The van der Waals surface area contributed by atoms with Crippen molar-refractivity contribution in [2.45, 2.75) is 6.18 Å². The number of ether oxygens (including phenoxy) is 1. The Bertz CT molecular complexity index is 1100. The number of nitrogens with one attached hydrogen (secondary N) is 1. The molecule has 0 bridgehead atoms. The highest BCUT2D eigenvalue weighted by atomic mass is 35.5. The van der Waals surface area contributed by atoms with Gasteiger partial charge < -0.3 is 10.1 Å². The van der Waals surface area contributed by atoms with E-state index in [1.165, 1.54) is 37.4 Å². The molecule has 3 aromatic rings. The first-order valence-electron chi connectivity index (χ1n) is 8.66. The van der Waals surface area contributed by atoms with Crippen LogP contribution in [0.25, 0.3) is 11.1 Å². The predicted octanol–water partition coefficient (Wildman–Crippen LogP) is 6.06. The minimum absolute atomic E-state index is 0.107. The van der Waals surface area contributed by atoms with Gasteiger partial charge in [-0.1, -0.05) is 41.9 Å². The van der Waals surface area contributed by atoms with Gasteiger partial charge in [0.05, 0.1) is 23.3 Å². The summed E-state index contributed by atoms with van der Waals surface area (Å²) in [5.41, 5.74) is 0.940. The average Bonchev–Trinajstić information content (AvgIpc) is 2.73. The fraction of sp³-hybridized carbons (Fsp3) is 0.0909. The lowest BCUT2D eigenvalue weighted by Crippen LogP contribution is -2.13. The van der Waals surface area contributed by atoms with E-state index in [2.05, 4.69) is 10.1 Å². The number of anilines is 1. The van der Waals surface area contributed by atoms with Crippen LogP contribution in [0.5, 0.6) is 0 Å². The Hall–Kier alpha value is -3.32. The number of hydrogen-bond acceptors (Lipinski definition) is 3. The SMILES string of the molecule is COC(=O)c1ccc(NC(=O)c2ccccc2-c2ccc(C(F)(F)F)cc2)cc1Cl. The summed E-state index contributed by atoms with van der Waals surface area (Å²) >= 11 is 6.07. The van der Waals surface area contributed by atoms with Crippen molar-refractivity contribution < 1.29 is 27.5 Å². The third kappa shape index (κ3) is 4.63. The van der Waals surface area contributed by atoms with Crippen LogP contribution in [0.2, 0.25) is 5.02 Å². The van der Waals surface area contributed by atoms with E-state index < -0.39 is 23.6 Å². The summed E-state index contributed by atoms with van der Waals surface area (Å²) in [5, 5.41) is 2.78. The number of hydrogen-bond donors (Lipinski definition) is 1. The number of methoxy groups -OCH3 is 1. The van der Waals surface area contributed by atoms with E-state index in [9.17, 15) is 22.8 Å². The highest BCUT2D eigenvalue weighted by Gasteiger charge is 2.30. The predicted molar refractivity (Wildman–Crippen MR) is 108 cm³/mol. The topological polar surface area (TPSA) is 55.4 Å². The van der Waals surface area contributed by atoms with E-state index in [0.717, 1.165) is 12.1 Å². The molecule has 0 aromatic heterocycles. The average molecular weight is 434 g/mol. The number of rotatable bonds is 4. The zero-order valence-electron chi connectivity index (χ0n) is 15.6. The molecule has 8 heteroatoms. The van der Waals surface area contributed by atoms with Crippen LogP contribution < -0.4 is 5.32 Å². The monoisotopic (exact) mass is 433 g/mol. The van der Waals surface area contributed by atoms with Gasteiger partial charge in [-0.05, 0) is 47.5 Å². The summed E-state index contributed by atoms with van der Waals surface area (Å²) in [7, 11) is 1.23. The molecule has 0 unspecified atom stereocenters. The highest BCUT2D eigenvalue weighted by Crippen LogP contribution is 2.32. The lowest BCUT2D eigenvalue weighted by Gasteiger charge is -2.12. The molecule has 0 radical (unpaired) electrons. The quantitative estimate of drug-likeness (QED) is 0.508. The van der Waals surface area contributed by atoms with E-state index in [0.29, 0.717) is 16.8 Å². The van der Waals surface area contributed by atoms with Gasteiger partial charge in [0.2, 0.25) is 0 Å². The zero-order valence-corrected chi connectivity index (χ0v) is 16.3. The molecule has 154 valence electrons. The molecule has 1 amide bonds. The Morgan fingerprint density at radius 2 is 1.60 bits per heavy atom. The first-order valence-corrected chi connectivity index (χ1v) is 9.04. The van der Waals surface area contributed by atoms with Crippen LogP contribution in [-0.2, 0) is 10.9 Å². The fourth-order valence-electron chi connectivity index (χ4n) is 2.84. The molecule has 0 spiro atoms. The Balaban J connectivity index is 1.88. The van der Waals surface area contributed by atoms with Crippen LogP contribution in [0.15, 0.2) is 66.7 Å². The minimum atomic E-state index is -4.44. The number of carbonyl (C=O) groups is 2. The number of amides is 1. The molecule has 0 aliphatic heterocycles. The molecule has 0 aliphatic carbocycles. The van der Waals surface area contributed by atoms with E-state index in [1.807, 2.05) is 0 Å². The van der Waals surface area contributed by atoms with Crippen molar-refractivity contribution in [2.24, 2.45) is 0 Å². The molecule has 0 fully saturated rings. The first kappa shape index (κ1) is 21.4. The van der Waals surface area contributed by atoms with Gasteiger partial charge in [-0.25, -0.2) is 4.79 Å². The molecule has 3 rings (SSSR count). The standard InChI is InChI=1S/C22H15ClF3NO3/c1-30-21(29)18-11-10-15(12-19(18)23)27-20(28)17-5-3-2-4-16(17)13-6-8-14(9-7-13)22(24,25)26/h2-12H,1H3,(H,27,28). The van der Waals surface area contributed by atoms with Crippen molar-refractivity contribution in [2.75, 3.05) is 12.4 Å². The van der Waals surface area contributed by atoms with E-state index in [-0.39, 0.29) is 16.1 Å². The van der Waals surface area contributed by atoms with Crippen LogP contribution >= 0.6 is 11.6 Å². The van der Waals surface area contributed by atoms with Crippen molar-refractivity contribution in [3.05, 3.63) is 88.4 Å². The van der Waals surface area contributed by atoms with Crippen molar-refractivity contribution in [3.8, 4) is 11.1 Å².